The molecule has 1 aliphatic heterocycles. The van der Waals surface area contributed by atoms with E-state index in [0.717, 1.165) is 19.0 Å². The highest BCUT2D eigenvalue weighted by Gasteiger charge is 2.35. The molecule has 9 nitrogen and oxygen atoms in total. The molecule has 2 heterocycles. The number of alkyl halides is 1. The van der Waals surface area contributed by atoms with Gasteiger partial charge < -0.3 is 25.8 Å². The highest BCUT2D eigenvalue weighted by molar-refractivity contribution is 6.24. The molecule has 2 aromatic rings. The lowest BCUT2D eigenvalue weighted by atomic mass is 10.0. The van der Waals surface area contributed by atoms with E-state index in [9.17, 15) is 19.1 Å². The van der Waals surface area contributed by atoms with E-state index >= 15 is 0 Å². The normalized spacial score (nSPS) is 16.9. The van der Waals surface area contributed by atoms with Gasteiger partial charge in [0.05, 0.1) is 30.0 Å². The monoisotopic (exact) mass is 469 g/mol. The van der Waals surface area contributed by atoms with E-state index in [-0.39, 0.29) is 30.4 Å². The number of aliphatic hydroxyl groups is 1. The summed E-state index contributed by atoms with van der Waals surface area (Å²) >= 11 is 0. The Morgan fingerprint density at radius 3 is 2.71 bits per heavy atom. The number of nitrogens with zero attached hydrogens (tertiary/aromatic N) is 3. The molecule has 1 atom stereocenters. The second kappa shape index (κ2) is 9.38. The Kier molecular flexibility index (Phi) is 6.52. The number of nitrogens with one attached hydrogen (secondary N) is 1. The standard InChI is InChI=1S/C24H28FN5O4/c1-24(2,33)20(25)12-30-11-15-8-18(19(9-16(15)23(30)32)34-13-14-4-5-14)29-22(31)17(10-26)21-27-6-3-7-28-21/h3,6-10,14,20,33H,4-5,11-13,26H2,1-2H3,(H,29,31)/t20-/m1/s1. The molecule has 34 heavy (non-hydrogen) atoms. The molecular weight excluding hydrogens is 441 g/mol. The lowest BCUT2D eigenvalue weighted by Crippen LogP contribution is -2.42. The third-order valence-corrected chi connectivity index (χ3v) is 5.87. The van der Waals surface area contributed by atoms with Gasteiger partial charge in [-0.15, -0.1) is 0 Å². The van der Waals surface area contributed by atoms with Crippen LogP contribution in [0.25, 0.3) is 5.57 Å². The molecule has 0 bridgehead atoms. The van der Waals surface area contributed by atoms with Gasteiger partial charge in [-0.05, 0) is 56.4 Å². The fourth-order valence-corrected chi connectivity index (χ4v) is 3.56. The number of nitrogens with two attached hydrogens (primary N) is 1. The van der Waals surface area contributed by atoms with Gasteiger partial charge in [0.25, 0.3) is 11.8 Å². The first-order valence-electron chi connectivity index (χ1n) is 11.1. The molecule has 10 heteroatoms. The Labute approximate surface area is 196 Å². The van der Waals surface area contributed by atoms with Crippen LogP contribution in [0.15, 0.2) is 36.8 Å². The van der Waals surface area contributed by atoms with Crippen LogP contribution in [0.3, 0.4) is 0 Å². The number of benzene rings is 1. The predicted molar refractivity (Wildman–Crippen MR) is 123 cm³/mol. The van der Waals surface area contributed by atoms with E-state index in [4.69, 9.17) is 10.5 Å². The number of amides is 2. The van der Waals surface area contributed by atoms with Gasteiger partial charge >= 0.3 is 0 Å². The van der Waals surface area contributed by atoms with Crippen LogP contribution in [-0.4, -0.2) is 56.7 Å². The zero-order valence-corrected chi connectivity index (χ0v) is 19.1. The minimum Gasteiger partial charge on any atom is -0.491 e. The fourth-order valence-electron chi connectivity index (χ4n) is 3.56. The van der Waals surface area contributed by atoms with Gasteiger partial charge in [0.15, 0.2) is 5.82 Å². The van der Waals surface area contributed by atoms with Crippen LogP contribution in [0.4, 0.5) is 10.1 Å². The predicted octanol–water partition coefficient (Wildman–Crippen LogP) is 2.27. The second-order valence-corrected chi connectivity index (χ2v) is 9.17. The third kappa shape index (κ3) is 5.17. The molecule has 0 saturated heterocycles. The Morgan fingerprint density at radius 2 is 2.09 bits per heavy atom. The molecule has 2 amide bonds. The lowest BCUT2D eigenvalue weighted by Gasteiger charge is -2.26. The van der Waals surface area contributed by atoms with Gasteiger partial charge in [-0.2, -0.15) is 0 Å². The molecule has 0 radical (unpaired) electrons. The molecule has 1 aromatic carbocycles. The summed E-state index contributed by atoms with van der Waals surface area (Å²) < 4.78 is 20.4. The maximum atomic E-state index is 14.4. The number of anilines is 1. The summed E-state index contributed by atoms with van der Waals surface area (Å²) in [6.07, 6.45) is 4.67. The molecular formula is C24H28FN5O4. The number of hydrogen-bond donors (Lipinski definition) is 3. The Morgan fingerprint density at radius 1 is 1.38 bits per heavy atom. The zero-order valence-electron chi connectivity index (χ0n) is 19.1. The van der Waals surface area contributed by atoms with Crippen molar-refractivity contribution in [3.05, 3.63) is 53.7 Å². The summed E-state index contributed by atoms with van der Waals surface area (Å²) in [5.74, 6) is 0.0819. The summed E-state index contributed by atoms with van der Waals surface area (Å²) in [4.78, 5) is 35.4. The van der Waals surface area contributed by atoms with Gasteiger partial charge in [-0.1, -0.05) is 0 Å². The smallest absolute Gasteiger partial charge is 0.261 e. The van der Waals surface area contributed by atoms with E-state index in [1.807, 2.05) is 0 Å². The Balaban J connectivity index is 1.59. The van der Waals surface area contributed by atoms with Crippen molar-refractivity contribution in [2.24, 2.45) is 11.7 Å². The van der Waals surface area contributed by atoms with Crippen LogP contribution in [0.1, 0.15) is 48.4 Å². The average molecular weight is 470 g/mol. The van der Waals surface area contributed by atoms with Crippen molar-refractivity contribution < 1.29 is 23.8 Å². The third-order valence-electron chi connectivity index (χ3n) is 5.87. The van der Waals surface area contributed by atoms with E-state index < -0.39 is 17.7 Å². The summed E-state index contributed by atoms with van der Waals surface area (Å²) in [5.41, 5.74) is 5.55. The lowest BCUT2D eigenvalue weighted by molar-refractivity contribution is -0.111. The van der Waals surface area contributed by atoms with Crippen LogP contribution >= 0.6 is 0 Å². The van der Waals surface area contributed by atoms with Gasteiger partial charge in [0, 0.05) is 30.7 Å². The number of carbonyl (C=O) groups is 2. The number of fused-ring (bicyclic) bond motifs is 1. The second-order valence-electron chi connectivity index (χ2n) is 9.17. The molecule has 2 aliphatic rings. The average Bonchev–Trinajstić information content (AvgIpc) is 3.58. The van der Waals surface area contributed by atoms with Crippen LogP contribution < -0.4 is 15.8 Å². The minimum absolute atomic E-state index is 0.0809. The van der Waals surface area contributed by atoms with Crippen molar-refractivity contribution in [2.45, 2.75) is 45.0 Å². The molecule has 0 spiro atoms. The fraction of sp³-hybridized carbons (Fsp3) is 0.417. The van der Waals surface area contributed by atoms with Crippen molar-refractivity contribution in [1.29, 1.82) is 0 Å². The Hall–Kier alpha value is -3.53. The van der Waals surface area contributed by atoms with Crippen LogP contribution in [-0.2, 0) is 11.3 Å². The van der Waals surface area contributed by atoms with Crippen molar-refractivity contribution in [2.75, 3.05) is 18.5 Å². The molecule has 4 N–H and O–H groups in total. The zero-order chi connectivity index (χ0) is 24.5. The van der Waals surface area contributed by atoms with Gasteiger partial charge in [-0.3, -0.25) is 9.59 Å². The quantitative estimate of drug-likeness (QED) is 0.480. The van der Waals surface area contributed by atoms with Crippen LogP contribution in [0.5, 0.6) is 5.75 Å². The number of hydrogen-bond acceptors (Lipinski definition) is 7. The largest absolute Gasteiger partial charge is 0.491 e. The van der Waals surface area contributed by atoms with Crippen LogP contribution in [0, 0.1) is 5.92 Å². The van der Waals surface area contributed by atoms with E-state index in [1.165, 1.54) is 31.1 Å². The highest BCUT2D eigenvalue weighted by Crippen LogP contribution is 2.37. The molecule has 1 aromatic heterocycles. The maximum absolute atomic E-state index is 14.4. The summed E-state index contributed by atoms with van der Waals surface area (Å²) in [7, 11) is 0. The number of halogens is 1. The van der Waals surface area contributed by atoms with Gasteiger partial charge in [-0.25, -0.2) is 14.4 Å². The molecule has 4 rings (SSSR count). The summed E-state index contributed by atoms with van der Waals surface area (Å²) in [6, 6.07) is 4.87. The Bertz CT molecular complexity index is 1110. The number of ether oxygens (including phenoxy) is 1. The maximum Gasteiger partial charge on any atom is 0.261 e. The minimum atomic E-state index is -1.61. The van der Waals surface area contributed by atoms with Crippen molar-refractivity contribution in [3.63, 3.8) is 0 Å². The highest BCUT2D eigenvalue weighted by atomic mass is 19.1. The van der Waals surface area contributed by atoms with E-state index in [2.05, 4.69) is 15.3 Å². The number of aromatic nitrogens is 2. The van der Waals surface area contributed by atoms with Crippen molar-refractivity contribution in [3.8, 4) is 5.75 Å². The topological polar surface area (TPSA) is 131 Å². The first-order valence-corrected chi connectivity index (χ1v) is 11.1. The van der Waals surface area contributed by atoms with Crippen molar-refractivity contribution >= 4 is 23.1 Å². The molecule has 180 valence electrons. The van der Waals surface area contributed by atoms with Gasteiger partial charge in [0.2, 0.25) is 0 Å². The van der Waals surface area contributed by atoms with Gasteiger partial charge in [0.1, 0.15) is 11.9 Å². The first-order chi connectivity index (χ1) is 16.2. The summed E-state index contributed by atoms with van der Waals surface area (Å²) in [5, 5.41) is 12.7. The molecule has 1 aliphatic carbocycles. The summed E-state index contributed by atoms with van der Waals surface area (Å²) in [6.45, 7) is 3.09. The molecule has 1 fully saturated rings. The number of rotatable bonds is 9. The van der Waals surface area contributed by atoms with E-state index in [0.29, 0.717) is 35.1 Å². The van der Waals surface area contributed by atoms with Crippen LogP contribution in [0.2, 0.25) is 0 Å². The first kappa shape index (κ1) is 23.6. The number of carbonyl (C=O) groups excluding carboxylic acids is 2. The molecule has 1 saturated carbocycles. The van der Waals surface area contributed by atoms with Crippen molar-refractivity contribution in [1.82, 2.24) is 14.9 Å². The molecule has 0 unspecified atom stereocenters. The SMILES string of the molecule is CC(C)(O)[C@H](F)CN1Cc2cc(NC(=O)C(=CN)c3ncccn3)c(OCC3CC3)cc2C1=O. The van der Waals surface area contributed by atoms with E-state index in [1.54, 1.807) is 18.2 Å².